The summed E-state index contributed by atoms with van der Waals surface area (Å²) in [6.45, 7) is 4.87. The fraction of sp³-hybridized carbons (Fsp3) is 0.438. The minimum atomic E-state index is -0.463. The number of aliphatic hydroxyl groups excluding tert-OH is 1. The molecule has 1 N–H and O–H groups in total. The number of halogens is 1. The van der Waals surface area contributed by atoms with Crippen LogP contribution in [0.15, 0.2) is 41.9 Å². The average molecular weight is 310 g/mol. The Kier molecular flexibility index (Phi) is 5.79. The van der Waals surface area contributed by atoms with E-state index < -0.39 is 6.04 Å². The van der Waals surface area contributed by atoms with Crippen LogP contribution in [0.1, 0.15) is 24.4 Å². The Hall–Kier alpha value is -1.36. The second kappa shape index (κ2) is 7.59. The van der Waals surface area contributed by atoms with E-state index in [9.17, 15) is 9.90 Å². The van der Waals surface area contributed by atoms with Gasteiger partial charge in [-0.25, -0.2) is 4.79 Å². The Morgan fingerprint density at radius 2 is 2.00 bits per heavy atom. The molecular weight excluding hydrogens is 290 g/mol. The highest BCUT2D eigenvalue weighted by molar-refractivity contribution is 6.29. The summed E-state index contributed by atoms with van der Waals surface area (Å²) >= 11 is 5.66. The molecule has 5 heteroatoms. The summed E-state index contributed by atoms with van der Waals surface area (Å²) in [6.07, 6.45) is 1.05. The first-order valence-corrected chi connectivity index (χ1v) is 7.42. The highest BCUT2D eigenvalue weighted by atomic mass is 35.5. The van der Waals surface area contributed by atoms with E-state index >= 15 is 0 Å². The molecule has 1 unspecified atom stereocenters. The van der Waals surface area contributed by atoms with E-state index in [-0.39, 0.29) is 18.7 Å². The van der Waals surface area contributed by atoms with Gasteiger partial charge in [0.25, 0.3) is 0 Å². The summed E-state index contributed by atoms with van der Waals surface area (Å²) in [5.41, 5.74) is 0.888. The first-order chi connectivity index (χ1) is 10.1. The van der Waals surface area contributed by atoms with Crippen molar-refractivity contribution in [2.75, 3.05) is 19.7 Å². The van der Waals surface area contributed by atoms with Gasteiger partial charge in [0, 0.05) is 18.1 Å². The summed E-state index contributed by atoms with van der Waals surface area (Å²) in [7, 11) is 0. The maximum atomic E-state index is 12.4. The Morgan fingerprint density at radius 1 is 1.38 bits per heavy atom. The Bertz CT molecular complexity index is 484. The van der Waals surface area contributed by atoms with Gasteiger partial charge in [-0.05, 0) is 18.4 Å². The summed E-state index contributed by atoms with van der Waals surface area (Å²) in [5, 5.41) is 9.92. The topological polar surface area (TPSA) is 49.8 Å². The lowest BCUT2D eigenvalue weighted by Crippen LogP contribution is -2.42. The second-order valence-corrected chi connectivity index (χ2v) is 5.74. The number of piperidine rings is 1. The molecular formula is C16H20ClNO3. The van der Waals surface area contributed by atoms with Crippen LogP contribution in [0.2, 0.25) is 0 Å². The zero-order valence-electron chi connectivity index (χ0n) is 11.9. The largest absolute Gasteiger partial charge is 0.458 e. The van der Waals surface area contributed by atoms with Gasteiger partial charge in [-0.15, -0.1) is 0 Å². The monoisotopic (exact) mass is 309 g/mol. The van der Waals surface area contributed by atoms with Crippen molar-refractivity contribution in [3.8, 4) is 0 Å². The van der Waals surface area contributed by atoms with Crippen molar-refractivity contribution in [3.63, 3.8) is 0 Å². The molecule has 0 aliphatic carbocycles. The van der Waals surface area contributed by atoms with Crippen molar-refractivity contribution in [1.29, 1.82) is 0 Å². The number of carbonyl (C=O) groups is 1. The third-order valence-electron chi connectivity index (χ3n) is 3.57. The van der Waals surface area contributed by atoms with Crippen molar-refractivity contribution in [1.82, 2.24) is 4.90 Å². The molecule has 1 aliphatic heterocycles. The van der Waals surface area contributed by atoms with E-state index in [0.29, 0.717) is 31.0 Å². The fourth-order valence-electron chi connectivity index (χ4n) is 2.50. The molecule has 0 amide bonds. The van der Waals surface area contributed by atoms with Gasteiger partial charge in [-0.1, -0.05) is 48.5 Å². The van der Waals surface area contributed by atoms with Gasteiger partial charge < -0.3 is 9.84 Å². The highest BCUT2D eigenvalue weighted by Gasteiger charge is 2.31. The van der Waals surface area contributed by atoms with Crippen LogP contribution in [0.25, 0.3) is 0 Å². The van der Waals surface area contributed by atoms with Gasteiger partial charge in [0.2, 0.25) is 0 Å². The summed E-state index contributed by atoms with van der Waals surface area (Å²) in [4.78, 5) is 14.4. The molecule has 1 atom stereocenters. The predicted octanol–water partition coefficient (Wildman–Crippen LogP) is 2.48. The van der Waals surface area contributed by atoms with E-state index in [1.54, 1.807) is 0 Å². The average Bonchev–Trinajstić information content (AvgIpc) is 2.48. The van der Waals surface area contributed by atoms with E-state index in [1.807, 2.05) is 35.2 Å². The summed E-state index contributed by atoms with van der Waals surface area (Å²) in [5.74, 6) is -0.334. The number of carbonyl (C=O) groups excluding carboxylic acids is 1. The fourth-order valence-corrected chi connectivity index (χ4v) is 2.56. The molecule has 0 radical (unpaired) electrons. The van der Waals surface area contributed by atoms with E-state index in [2.05, 4.69) is 6.58 Å². The summed E-state index contributed by atoms with van der Waals surface area (Å²) < 4.78 is 5.23. The minimum absolute atomic E-state index is 0.0141. The first kappa shape index (κ1) is 16.0. The standard InChI is InChI=1S/C16H20ClNO3/c1-12(17)11-21-16(20)15(13-5-3-2-4-6-13)18-9-7-14(19)8-10-18/h2-6,14-15,19H,1,7-11H2. The van der Waals surface area contributed by atoms with E-state index in [0.717, 1.165) is 5.56 Å². The Labute approximate surface area is 130 Å². The van der Waals surface area contributed by atoms with Crippen molar-refractivity contribution in [2.45, 2.75) is 25.0 Å². The molecule has 1 saturated heterocycles. The lowest BCUT2D eigenvalue weighted by Gasteiger charge is -2.35. The van der Waals surface area contributed by atoms with Gasteiger partial charge in [-0.2, -0.15) is 0 Å². The Morgan fingerprint density at radius 3 is 2.57 bits per heavy atom. The van der Waals surface area contributed by atoms with E-state index in [4.69, 9.17) is 16.3 Å². The summed E-state index contributed by atoms with van der Waals surface area (Å²) in [6, 6.07) is 9.06. The van der Waals surface area contributed by atoms with Crippen LogP contribution >= 0.6 is 11.6 Å². The van der Waals surface area contributed by atoms with Crippen LogP contribution in [-0.2, 0) is 9.53 Å². The third-order valence-corrected chi connectivity index (χ3v) is 3.68. The molecule has 1 aromatic carbocycles. The highest BCUT2D eigenvalue weighted by Crippen LogP contribution is 2.26. The molecule has 4 nitrogen and oxygen atoms in total. The molecule has 21 heavy (non-hydrogen) atoms. The SMILES string of the molecule is C=C(Cl)COC(=O)C(c1ccccc1)N1CCC(O)CC1. The number of esters is 1. The number of hydrogen-bond donors (Lipinski definition) is 1. The van der Waals surface area contributed by atoms with Crippen LogP contribution in [0, 0.1) is 0 Å². The zero-order chi connectivity index (χ0) is 15.2. The maximum Gasteiger partial charge on any atom is 0.328 e. The third kappa shape index (κ3) is 4.56. The molecule has 2 rings (SSSR count). The molecule has 0 aromatic heterocycles. The molecule has 0 bridgehead atoms. The maximum absolute atomic E-state index is 12.4. The molecule has 114 valence electrons. The minimum Gasteiger partial charge on any atom is -0.458 e. The molecule has 1 heterocycles. The number of ether oxygens (including phenoxy) is 1. The van der Waals surface area contributed by atoms with Gasteiger partial charge in [0.05, 0.1) is 6.10 Å². The van der Waals surface area contributed by atoms with Gasteiger partial charge in [0.1, 0.15) is 12.6 Å². The molecule has 1 fully saturated rings. The number of likely N-dealkylation sites (tertiary alicyclic amines) is 1. The number of hydrogen-bond acceptors (Lipinski definition) is 4. The molecule has 1 aromatic rings. The Balaban J connectivity index is 2.14. The van der Waals surface area contributed by atoms with Crippen molar-refractivity contribution >= 4 is 17.6 Å². The van der Waals surface area contributed by atoms with Crippen LogP contribution in [0.4, 0.5) is 0 Å². The van der Waals surface area contributed by atoms with Gasteiger partial charge in [0.15, 0.2) is 0 Å². The smallest absolute Gasteiger partial charge is 0.328 e. The molecule has 0 spiro atoms. The second-order valence-electron chi connectivity index (χ2n) is 5.21. The lowest BCUT2D eigenvalue weighted by molar-refractivity contribution is -0.150. The first-order valence-electron chi connectivity index (χ1n) is 7.05. The number of nitrogens with zero attached hydrogens (tertiary/aromatic N) is 1. The zero-order valence-corrected chi connectivity index (χ0v) is 12.6. The predicted molar refractivity (Wildman–Crippen MR) is 81.9 cm³/mol. The molecule has 0 saturated carbocycles. The lowest BCUT2D eigenvalue weighted by atomic mass is 10.0. The molecule has 1 aliphatic rings. The van der Waals surface area contributed by atoms with E-state index in [1.165, 1.54) is 0 Å². The van der Waals surface area contributed by atoms with Crippen LogP contribution in [0.3, 0.4) is 0 Å². The number of rotatable bonds is 5. The van der Waals surface area contributed by atoms with Gasteiger partial charge in [-0.3, -0.25) is 4.90 Å². The van der Waals surface area contributed by atoms with Crippen molar-refractivity contribution < 1.29 is 14.6 Å². The van der Waals surface area contributed by atoms with Crippen LogP contribution < -0.4 is 0 Å². The van der Waals surface area contributed by atoms with Crippen molar-refractivity contribution in [3.05, 3.63) is 47.5 Å². The van der Waals surface area contributed by atoms with Crippen LogP contribution in [-0.4, -0.2) is 41.8 Å². The van der Waals surface area contributed by atoms with Crippen LogP contribution in [0.5, 0.6) is 0 Å². The normalized spacial score (nSPS) is 18.2. The quantitative estimate of drug-likeness (QED) is 0.849. The number of benzene rings is 1. The van der Waals surface area contributed by atoms with Gasteiger partial charge >= 0.3 is 5.97 Å². The number of aliphatic hydroxyl groups is 1. The van der Waals surface area contributed by atoms with Crippen molar-refractivity contribution in [2.24, 2.45) is 0 Å².